The molecular formula is C23H24ClF4N3O4S. The number of hydrogen-bond donors (Lipinski definition) is 1. The smallest absolute Gasteiger partial charge is 0.417 e. The molecular weight excluding hydrogens is 526 g/mol. The van der Waals surface area contributed by atoms with Crippen molar-refractivity contribution in [2.45, 2.75) is 38.8 Å². The molecule has 36 heavy (non-hydrogen) atoms. The number of carbonyl (C=O) groups is 1. The zero-order chi connectivity index (χ0) is 26.5. The standard InChI is InChI=1S/C23H24ClF4N3O4S/c1-3-36(33,34)30-21(32)16-7-15(13-4-5-13)19(8-18(16)25)35-12-22(2)10-31(11-22)20-17(24)6-14(9-29-20)23(26,27)28/h6-9,13H,3-5,10-12H2,1-2H3,(H,30,32). The number of nitrogens with one attached hydrogen (secondary N) is 1. The molecule has 1 aromatic carbocycles. The van der Waals surface area contributed by atoms with E-state index in [0.29, 0.717) is 18.7 Å². The number of carbonyl (C=O) groups excluding carboxylic acids is 1. The highest BCUT2D eigenvalue weighted by molar-refractivity contribution is 7.90. The Kier molecular flexibility index (Phi) is 6.89. The Labute approximate surface area is 210 Å². The third-order valence-electron chi connectivity index (χ3n) is 6.16. The number of rotatable bonds is 8. The molecule has 0 atom stereocenters. The highest BCUT2D eigenvalue weighted by atomic mass is 35.5. The Morgan fingerprint density at radius 1 is 1.28 bits per heavy atom. The summed E-state index contributed by atoms with van der Waals surface area (Å²) >= 11 is 6.03. The fourth-order valence-corrected chi connectivity index (χ4v) is 4.86. The maximum Gasteiger partial charge on any atom is 0.417 e. The van der Waals surface area contributed by atoms with Gasteiger partial charge in [-0.1, -0.05) is 18.5 Å². The largest absolute Gasteiger partial charge is 0.492 e. The van der Waals surface area contributed by atoms with Crippen molar-refractivity contribution in [1.29, 1.82) is 0 Å². The molecule has 1 aliphatic carbocycles. The fourth-order valence-electron chi connectivity index (χ4n) is 4.04. The van der Waals surface area contributed by atoms with Gasteiger partial charge in [0, 0.05) is 30.8 Å². The Morgan fingerprint density at radius 3 is 2.50 bits per heavy atom. The molecule has 2 fully saturated rings. The van der Waals surface area contributed by atoms with E-state index in [-0.39, 0.29) is 40.4 Å². The molecule has 0 spiro atoms. The summed E-state index contributed by atoms with van der Waals surface area (Å²) in [6.45, 7) is 4.26. The van der Waals surface area contributed by atoms with Crippen LogP contribution in [0.15, 0.2) is 24.4 Å². The third-order valence-corrected chi connectivity index (χ3v) is 7.69. The number of pyridine rings is 1. The van der Waals surface area contributed by atoms with Crippen LogP contribution in [0.2, 0.25) is 5.02 Å². The zero-order valence-electron chi connectivity index (χ0n) is 19.5. The van der Waals surface area contributed by atoms with E-state index in [0.717, 1.165) is 31.2 Å². The first-order valence-electron chi connectivity index (χ1n) is 11.2. The van der Waals surface area contributed by atoms with Crippen molar-refractivity contribution in [2.75, 3.05) is 30.3 Å². The number of hydrogen-bond acceptors (Lipinski definition) is 6. The van der Waals surface area contributed by atoms with Crippen LogP contribution in [0.25, 0.3) is 0 Å². The maximum atomic E-state index is 14.8. The van der Waals surface area contributed by atoms with Crippen molar-refractivity contribution in [2.24, 2.45) is 5.41 Å². The van der Waals surface area contributed by atoms with Crippen LogP contribution < -0.4 is 14.4 Å². The fraction of sp³-hybridized carbons (Fsp3) is 0.478. The lowest BCUT2D eigenvalue weighted by atomic mass is 9.83. The minimum absolute atomic E-state index is 0.0794. The van der Waals surface area contributed by atoms with Gasteiger partial charge in [-0.25, -0.2) is 22.5 Å². The van der Waals surface area contributed by atoms with Gasteiger partial charge in [-0.15, -0.1) is 0 Å². The van der Waals surface area contributed by atoms with Crippen molar-refractivity contribution in [3.05, 3.63) is 51.9 Å². The quantitative estimate of drug-likeness (QED) is 0.478. The Hall–Kier alpha value is -2.60. The van der Waals surface area contributed by atoms with E-state index in [1.54, 1.807) is 4.90 Å². The van der Waals surface area contributed by atoms with E-state index in [9.17, 15) is 30.8 Å². The van der Waals surface area contributed by atoms with Gasteiger partial charge in [-0.2, -0.15) is 13.2 Å². The molecule has 0 bridgehead atoms. The van der Waals surface area contributed by atoms with Gasteiger partial charge in [-0.05, 0) is 43.4 Å². The van der Waals surface area contributed by atoms with E-state index in [2.05, 4.69) is 4.98 Å². The van der Waals surface area contributed by atoms with Crippen molar-refractivity contribution in [3.63, 3.8) is 0 Å². The van der Waals surface area contributed by atoms with E-state index >= 15 is 0 Å². The molecule has 1 saturated carbocycles. The normalized spacial score (nSPS) is 17.5. The predicted molar refractivity (Wildman–Crippen MR) is 125 cm³/mol. The summed E-state index contributed by atoms with van der Waals surface area (Å²) in [5.74, 6) is -1.67. The van der Waals surface area contributed by atoms with Gasteiger partial charge in [0.25, 0.3) is 5.91 Å². The molecule has 2 aromatic rings. The highest BCUT2D eigenvalue weighted by Gasteiger charge is 2.42. The summed E-state index contributed by atoms with van der Waals surface area (Å²) in [5, 5.41) is -0.107. The maximum absolute atomic E-state index is 14.8. The lowest BCUT2D eigenvalue weighted by molar-refractivity contribution is -0.137. The van der Waals surface area contributed by atoms with Gasteiger partial charge in [0.1, 0.15) is 17.4 Å². The van der Waals surface area contributed by atoms with E-state index < -0.39 is 38.9 Å². The monoisotopic (exact) mass is 549 g/mol. The molecule has 0 radical (unpaired) electrons. The Bertz CT molecular complexity index is 1290. The molecule has 7 nitrogen and oxygen atoms in total. The summed E-state index contributed by atoms with van der Waals surface area (Å²) < 4.78 is 84.5. The van der Waals surface area contributed by atoms with Gasteiger partial charge in [0.05, 0.1) is 28.5 Å². The number of nitrogens with zero attached hydrogens (tertiary/aromatic N) is 2. The van der Waals surface area contributed by atoms with Crippen LogP contribution in [-0.2, 0) is 16.2 Å². The first-order valence-corrected chi connectivity index (χ1v) is 13.2. The molecule has 1 aliphatic heterocycles. The first kappa shape index (κ1) is 26.5. The lowest BCUT2D eigenvalue weighted by Crippen LogP contribution is -2.58. The number of alkyl halides is 3. The summed E-state index contributed by atoms with van der Waals surface area (Å²) in [7, 11) is -3.85. The minimum Gasteiger partial charge on any atom is -0.492 e. The summed E-state index contributed by atoms with van der Waals surface area (Å²) in [4.78, 5) is 17.9. The van der Waals surface area contributed by atoms with Crippen molar-refractivity contribution in [3.8, 4) is 5.75 Å². The number of halogens is 5. The van der Waals surface area contributed by atoms with Crippen LogP contribution in [0.3, 0.4) is 0 Å². The molecule has 1 N–H and O–H groups in total. The number of ether oxygens (including phenoxy) is 1. The molecule has 1 aromatic heterocycles. The molecule has 13 heteroatoms. The molecule has 2 aliphatic rings. The average molecular weight is 550 g/mol. The predicted octanol–water partition coefficient (Wildman–Crippen LogP) is 4.76. The Morgan fingerprint density at radius 2 is 1.94 bits per heavy atom. The van der Waals surface area contributed by atoms with E-state index in [1.807, 2.05) is 11.6 Å². The van der Waals surface area contributed by atoms with Crippen LogP contribution in [0.5, 0.6) is 5.75 Å². The second-order valence-corrected chi connectivity index (χ2v) is 11.9. The average Bonchev–Trinajstić information content (AvgIpc) is 3.60. The minimum atomic E-state index is -4.54. The van der Waals surface area contributed by atoms with E-state index in [1.165, 1.54) is 13.0 Å². The molecule has 4 rings (SSSR count). The van der Waals surface area contributed by atoms with Crippen molar-refractivity contribution < 1.29 is 35.5 Å². The lowest BCUT2D eigenvalue weighted by Gasteiger charge is -2.48. The Balaban J connectivity index is 1.45. The van der Waals surface area contributed by atoms with Crippen molar-refractivity contribution >= 4 is 33.3 Å². The van der Waals surface area contributed by atoms with Crippen LogP contribution in [0, 0.1) is 11.2 Å². The van der Waals surface area contributed by atoms with Crippen LogP contribution in [0.4, 0.5) is 23.4 Å². The summed E-state index contributed by atoms with van der Waals surface area (Å²) in [5.41, 5.74) is -1.08. The summed E-state index contributed by atoms with van der Waals surface area (Å²) in [6.07, 6.45) is -2.14. The summed E-state index contributed by atoms with van der Waals surface area (Å²) in [6, 6.07) is 3.27. The highest BCUT2D eigenvalue weighted by Crippen LogP contribution is 2.46. The van der Waals surface area contributed by atoms with Gasteiger partial charge in [0.15, 0.2) is 0 Å². The second kappa shape index (κ2) is 9.37. The number of aromatic nitrogens is 1. The molecule has 0 unspecified atom stereocenters. The molecule has 1 amide bonds. The zero-order valence-corrected chi connectivity index (χ0v) is 21.0. The topological polar surface area (TPSA) is 88.6 Å². The molecule has 2 heterocycles. The third kappa shape index (κ3) is 5.69. The number of anilines is 1. The van der Waals surface area contributed by atoms with Crippen LogP contribution in [-0.4, -0.2) is 44.8 Å². The molecule has 1 saturated heterocycles. The van der Waals surface area contributed by atoms with Crippen LogP contribution in [0.1, 0.15) is 54.1 Å². The van der Waals surface area contributed by atoms with Gasteiger partial charge in [0.2, 0.25) is 10.0 Å². The van der Waals surface area contributed by atoms with E-state index in [4.69, 9.17) is 16.3 Å². The number of amides is 1. The number of sulfonamides is 1. The SMILES string of the molecule is CCS(=O)(=O)NC(=O)c1cc(C2CC2)c(OCC2(C)CN(c3ncc(C(F)(F)F)cc3Cl)C2)cc1F. The molecule has 196 valence electrons. The van der Waals surface area contributed by atoms with Gasteiger partial charge < -0.3 is 9.64 Å². The number of benzene rings is 1. The van der Waals surface area contributed by atoms with Crippen molar-refractivity contribution in [1.82, 2.24) is 9.71 Å². The first-order chi connectivity index (χ1) is 16.7. The van der Waals surface area contributed by atoms with Crippen LogP contribution >= 0.6 is 11.6 Å². The van der Waals surface area contributed by atoms with Gasteiger partial charge >= 0.3 is 6.18 Å². The van der Waals surface area contributed by atoms with Gasteiger partial charge in [-0.3, -0.25) is 4.79 Å². The second-order valence-electron chi connectivity index (χ2n) is 9.46.